The van der Waals surface area contributed by atoms with Gasteiger partial charge in [-0.3, -0.25) is 4.79 Å². The van der Waals surface area contributed by atoms with Gasteiger partial charge in [-0.2, -0.15) is 0 Å². The Labute approximate surface area is 109 Å². The summed E-state index contributed by atoms with van der Waals surface area (Å²) in [5, 5.41) is 11.4. The molecule has 0 aromatic rings. The number of hydrogen-bond donors (Lipinski definition) is 2. The van der Waals surface area contributed by atoms with Crippen LogP contribution in [0.5, 0.6) is 0 Å². The number of urea groups is 1. The molecule has 5 nitrogen and oxygen atoms in total. The van der Waals surface area contributed by atoms with Gasteiger partial charge in [0.2, 0.25) is 0 Å². The van der Waals surface area contributed by atoms with Crippen molar-refractivity contribution in [2.24, 2.45) is 5.92 Å². The summed E-state index contributed by atoms with van der Waals surface area (Å²) >= 11 is 0. The van der Waals surface area contributed by atoms with Crippen molar-refractivity contribution in [3.05, 3.63) is 0 Å². The lowest BCUT2D eigenvalue weighted by Crippen LogP contribution is -2.41. The van der Waals surface area contributed by atoms with Crippen LogP contribution >= 0.6 is 0 Å². The van der Waals surface area contributed by atoms with E-state index in [0.717, 1.165) is 6.42 Å². The van der Waals surface area contributed by atoms with E-state index in [4.69, 9.17) is 11.5 Å². The Morgan fingerprint density at radius 2 is 2.17 bits per heavy atom. The quantitative estimate of drug-likeness (QED) is 0.510. The van der Waals surface area contributed by atoms with Gasteiger partial charge in [0.05, 0.1) is 12.5 Å². The van der Waals surface area contributed by atoms with Crippen molar-refractivity contribution in [3.8, 4) is 12.3 Å². The third-order valence-corrected chi connectivity index (χ3v) is 2.57. The average Bonchev–Trinajstić information content (AvgIpc) is 2.33. The third kappa shape index (κ3) is 6.79. The molecule has 1 unspecified atom stereocenters. The number of aliphatic carboxylic acids is 1. The van der Waals surface area contributed by atoms with Gasteiger partial charge in [-0.25, -0.2) is 4.79 Å². The second-order valence-electron chi connectivity index (χ2n) is 4.24. The number of carbonyl (C=O) groups excluding carboxylic acids is 1. The predicted molar refractivity (Wildman–Crippen MR) is 70.1 cm³/mol. The minimum Gasteiger partial charge on any atom is -0.481 e. The number of rotatable bonds is 8. The Hall–Kier alpha value is -1.70. The van der Waals surface area contributed by atoms with Crippen LogP contribution in [0, 0.1) is 18.3 Å². The molecule has 0 spiro atoms. The van der Waals surface area contributed by atoms with E-state index in [2.05, 4.69) is 11.2 Å². The van der Waals surface area contributed by atoms with Crippen molar-refractivity contribution in [3.63, 3.8) is 0 Å². The summed E-state index contributed by atoms with van der Waals surface area (Å²) in [7, 11) is 0. The first-order chi connectivity index (χ1) is 8.52. The Morgan fingerprint density at radius 1 is 1.50 bits per heavy atom. The molecule has 0 aliphatic heterocycles. The lowest BCUT2D eigenvalue weighted by Gasteiger charge is -2.20. The zero-order chi connectivity index (χ0) is 14.0. The first-order valence-electron chi connectivity index (χ1n) is 6.22. The van der Waals surface area contributed by atoms with Crippen molar-refractivity contribution in [2.75, 3.05) is 19.6 Å². The van der Waals surface area contributed by atoms with Crippen molar-refractivity contribution < 1.29 is 14.7 Å². The molecule has 5 heteroatoms. The van der Waals surface area contributed by atoms with E-state index in [1.54, 1.807) is 11.8 Å². The summed E-state index contributed by atoms with van der Waals surface area (Å²) in [6.45, 7) is 5.03. The topological polar surface area (TPSA) is 69.6 Å². The molecule has 2 amide bonds. The van der Waals surface area contributed by atoms with Crippen LogP contribution in [-0.4, -0.2) is 41.6 Å². The Morgan fingerprint density at radius 3 is 2.67 bits per heavy atom. The standard InChI is InChI=1S/C13H22N2O3/c1-4-9-15(10-5-2)13(18)14-8-6-7-11(3)12(16)17/h1,11H,5-10H2,2-3H3,(H,14,18)(H,16,17). The molecule has 0 aliphatic carbocycles. The largest absolute Gasteiger partial charge is 0.481 e. The summed E-state index contributed by atoms with van der Waals surface area (Å²) in [6, 6.07) is -0.183. The molecule has 0 rings (SSSR count). The summed E-state index contributed by atoms with van der Waals surface area (Å²) < 4.78 is 0. The van der Waals surface area contributed by atoms with Gasteiger partial charge in [0.25, 0.3) is 0 Å². The van der Waals surface area contributed by atoms with E-state index in [1.165, 1.54) is 0 Å². The molecule has 0 aromatic heterocycles. The van der Waals surface area contributed by atoms with Crippen LogP contribution < -0.4 is 5.32 Å². The lowest BCUT2D eigenvalue weighted by atomic mass is 10.1. The van der Waals surface area contributed by atoms with E-state index >= 15 is 0 Å². The number of amides is 2. The van der Waals surface area contributed by atoms with E-state index in [9.17, 15) is 9.59 Å². The van der Waals surface area contributed by atoms with Crippen molar-refractivity contribution in [2.45, 2.75) is 33.1 Å². The molecule has 0 heterocycles. The Balaban J connectivity index is 3.87. The van der Waals surface area contributed by atoms with Crippen LogP contribution in [0.1, 0.15) is 33.1 Å². The summed E-state index contributed by atoms with van der Waals surface area (Å²) in [4.78, 5) is 23.9. The molecule has 18 heavy (non-hydrogen) atoms. The number of terminal acetylenes is 1. The third-order valence-electron chi connectivity index (χ3n) is 2.57. The van der Waals surface area contributed by atoms with Gasteiger partial charge in [0.15, 0.2) is 0 Å². The molecule has 0 aromatic carbocycles. The molecular formula is C13H22N2O3. The highest BCUT2D eigenvalue weighted by Gasteiger charge is 2.12. The molecule has 1 atom stereocenters. The smallest absolute Gasteiger partial charge is 0.318 e. The molecule has 0 saturated carbocycles. The second-order valence-corrected chi connectivity index (χ2v) is 4.24. The van der Waals surface area contributed by atoms with E-state index in [-0.39, 0.29) is 11.9 Å². The van der Waals surface area contributed by atoms with Gasteiger partial charge in [-0.15, -0.1) is 6.42 Å². The zero-order valence-electron chi connectivity index (χ0n) is 11.1. The average molecular weight is 254 g/mol. The number of nitrogens with zero attached hydrogens (tertiary/aromatic N) is 1. The molecule has 0 bridgehead atoms. The first kappa shape index (κ1) is 16.3. The molecule has 0 saturated heterocycles. The van der Waals surface area contributed by atoms with Crippen molar-refractivity contribution in [1.82, 2.24) is 10.2 Å². The number of carboxylic acids is 1. The summed E-state index contributed by atoms with van der Waals surface area (Å²) in [5.74, 6) is 1.26. The summed E-state index contributed by atoms with van der Waals surface area (Å²) in [5.41, 5.74) is 0. The van der Waals surface area contributed by atoms with Crippen LogP contribution in [0.25, 0.3) is 0 Å². The Bertz CT molecular complexity index is 310. The highest BCUT2D eigenvalue weighted by atomic mass is 16.4. The fourth-order valence-electron chi connectivity index (χ4n) is 1.47. The zero-order valence-corrected chi connectivity index (χ0v) is 11.1. The van der Waals surface area contributed by atoms with Gasteiger partial charge in [0, 0.05) is 13.1 Å². The minimum absolute atomic E-state index is 0.183. The monoisotopic (exact) mass is 254 g/mol. The van der Waals surface area contributed by atoms with Gasteiger partial charge >= 0.3 is 12.0 Å². The lowest BCUT2D eigenvalue weighted by molar-refractivity contribution is -0.141. The van der Waals surface area contributed by atoms with E-state index < -0.39 is 5.97 Å². The Kier molecular flexibility index (Phi) is 8.46. The van der Waals surface area contributed by atoms with Crippen LogP contribution in [0.2, 0.25) is 0 Å². The van der Waals surface area contributed by atoms with Gasteiger partial charge < -0.3 is 15.3 Å². The molecule has 102 valence electrons. The highest BCUT2D eigenvalue weighted by Crippen LogP contribution is 2.04. The van der Waals surface area contributed by atoms with E-state index in [1.807, 2.05) is 6.92 Å². The van der Waals surface area contributed by atoms with E-state index in [0.29, 0.717) is 32.5 Å². The van der Waals surface area contributed by atoms with Gasteiger partial charge in [-0.05, 0) is 19.3 Å². The first-order valence-corrected chi connectivity index (χ1v) is 6.22. The molecular weight excluding hydrogens is 232 g/mol. The van der Waals surface area contributed by atoms with Gasteiger partial charge in [-0.1, -0.05) is 19.8 Å². The molecule has 0 radical (unpaired) electrons. The molecule has 0 fully saturated rings. The second kappa shape index (κ2) is 9.34. The highest BCUT2D eigenvalue weighted by molar-refractivity contribution is 5.74. The maximum Gasteiger partial charge on any atom is 0.318 e. The maximum atomic E-state index is 11.7. The van der Waals surface area contributed by atoms with Crippen LogP contribution in [0.4, 0.5) is 4.79 Å². The fourth-order valence-corrected chi connectivity index (χ4v) is 1.47. The normalized spacial score (nSPS) is 11.4. The fraction of sp³-hybridized carbons (Fsp3) is 0.692. The van der Waals surface area contributed by atoms with Crippen LogP contribution in [0.3, 0.4) is 0 Å². The van der Waals surface area contributed by atoms with Gasteiger partial charge in [0.1, 0.15) is 0 Å². The number of nitrogens with one attached hydrogen (secondary N) is 1. The molecule has 0 aliphatic rings. The van der Waals surface area contributed by atoms with Crippen LogP contribution in [0.15, 0.2) is 0 Å². The minimum atomic E-state index is -0.804. The predicted octanol–water partition coefficient (Wildman–Crippen LogP) is 1.54. The number of carboxylic acid groups (broad SMARTS) is 1. The SMILES string of the molecule is C#CCN(CCC)C(=O)NCCCC(C)C(=O)O. The van der Waals surface area contributed by atoms with Crippen LogP contribution in [-0.2, 0) is 4.79 Å². The maximum absolute atomic E-state index is 11.7. The number of carbonyl (C=O) groups is 2. The summed E-state index contributed by atoms with van der Waals surface area (Å²) in [6.07, 6.45) is 7.24. The van der Waals surface area contributed by atoms with Crippen molar-refractivity contribution >= 4 is 12.0 Å². The van der Waals surface area contributed by atoms with Crippen molar-refractivity contribution in [1.29, 1.82) is 0 Å². The number of hydrogen-bond acceptors (Lipinski definition) is 2. The molecule has 2 N–H and O–H groups in total.